The monoisotopic (exact) mass is 401 g/mol. The van der Waals surface area contributed by atoms with E-state index < -0.39 is 5.91 Å². The molecule has 2 N–H and O–H groups in total. The van der Waals surface area contributed by atoms with Crippen molar-refractivity contribution in [3.05, 3.63) is 90.6 Å². The lowest BCUT2D eigenvalue weighted by atomic mass is 10.2. The number of nitrogens with one attached hydrogen (secondary N) is 2. The quantitative estimate of drug-likeness (QED) is 0.415. The molecule has 1 amide bonds. The Morgan fingerprint density at radius 2 is 1.79 bits per heavy atom. The van der Waals surface area contributed by atoms with Gasteiger partial charge in [-0.25, -0.2) is 0 Å². The predicted octanol–water partition coefficient (Wildman–Crippen LogP) is 5.30. The van der Waals surface area contributed by atoms with Crippen LogP contribution in [0.5, 0.6) is 5.75 Å². The molecule has 0 bridgehead atoms. The number of para-hydroxylation sites is 1. The van der Waals surface area contributed by atoms with E-state index in [2.05, 4.69) is 10.6 Å². The average molecular weight is 401 g/mol. The summed E-state index contributed by atoms with van der Waals surface area (Å²) in [5.41, 5.74) is 1.33. The van der Waals surface area contributed by atoms with Crippen LogP contribution in [0.15, 0.2) is 100 Å². The zero-order chi connectivity index (χ0) is 20.5. The number of carbonyl (C=O) groups excluding carboxylic acids is 1. The van der Waals surface area contributed by atoms with Crippen molar-refractivity contribution in [2.24, 2.45) is 0 Å². The van der Waals surface area contributed by atoms with E-state index in [1.807, 2.05) is 78.9 Å². The molecule has 0 aliphatic rings. The van der Waals surface area contributed by atoms with E-state index >= 15 is 0 Å². The summed E-state index contributed by atoms with van der Waals surface area (Å²) in [5, 5.41) is 15.2. The lowest BCUT2D eigenvalue weighted by molar-refractivity contribution is -0.112. The van der Waals surface area contributed by atoms with E-state index in [0.29, 0.717) is 17.1 Å². The minimum Gasteiger partial charge on any atom is -0.497 e. The van der Waals surface area contributed by atoms with E-state index in [1.54, 1.807) is 24.9 Å². The van der Waals surface area contributed by atoms with Gasteiger partial charge in [0.1, 0.15) is 17.4 Å². The van der Waals surface area contributed by atoms with Crippen molar-refractivity contribution in [2.75, 3.05) is 17.7 Å². The Labute approximate surface area is 174 Å². The van der Waals surface area contributed by atoms with Crippen LogP contribution in [0.25, 0.3) is 0 Å². The van der Waals surface area contributed by atoms with Crippen molar-refractivity contribution in [3.8, 4) is 11.8 Å². The fourth-order valence-electron chi connectivity index (χ4n) is 2.48. The number of nitrogens with zero attached hydrogens (tertiary/aromatic N) is 1. The smallest absolute Gasteiger partial charge is 0.267 e. The van der Waals surface area contributed by atoms with Crippen LogP contribution in [0.2, 0.25) is 0 Å². The standard InChI is InChI=1S/C23H19N3O2S/c1-28-19-9-7-8-18(14-19)25-16-17(15-24)23(27)26-21-12-5-6-13-22(21)29-20-10-3-2-4-11-20/h2-14,16,25H,1H3,(H,26,27)/b17-16-. The molecule has 0 saturated carbocycles. The molecule has 0 saturated heterocycles. The molecule has 3 aromatic rings. The molecule has 0 radical (unpaired) electrons. The summed E-state index contributed by atoms with van der Waals surface area (Å²) in [6, 6.07) is 26.5. The van der Waals surface area contributed by atoms with E-state index in [4.69, 9.17) is 4.74 Å². The summed E-state index contributed by atoms with van der Waals surface area (Å²) in [7, 11) is 1.58. The molecule has 144 valence electrons. The third kappa shape index (κ3) is 5.64. The van der Waals surface area contributed by atoms with Gasteiger partial charge < -0.3 is 15.4 Å². The number of benzene rings is 3. The Bertz CT molecular complexity index is 1060. The van der Waals surface area contributed by atoms with Crippen molar-refractivity contribution in [1.29, 1.82) is 5.26 Å². The molecule has 0 aromatic heterocycles. The average Bonchev–Trinajstić information content (AvgIpc) is 2.76. The van der Waals surface area contributed by atoms with Gasteiger partial charge in [-0.15, -0.1) is 0 Å². The molecule has 0 aliphatic heterocycles. The predicted molar refractivity (Wildman–Crippen MR) is 116 cm³/mol. The Kier molecular flexibility index (Phi) is 6.93. The number of carbonyl (C=O) groups is 1. The molecule has 0 spiro atoms. The van der Waals surface area contributed by atoms with Crippen LogP contribution in [0.3, 0.4) is 0 Å². The number of ether oxygens (including phenoxy) is 1. The highest BCUT2D eigenvalue weighted by molar-refractivity contribution is 7.99. The maximum atomic E-state index is 12.6. The second-order valence-corrected chi connectivity index (χ2v) is 7.03. The summed E-state index contributed by atoms with van der Waals surface area (Å²) < 4.78 is 5.17. The van der Waals surface area contributed by atoms with Crippen molar-refractivity contribution < 1.29 is 9.53 Å². The maximum absolute atomic E-state index is 12.6. The molecule has 3 rings (SSSR count). The Balaban J connectivity index is 1.73. The lowest BCUT2D eigenvalue weighted by Gasteiger charge is -2.10. The van der Waals surface area contributed by atoms with Crippen LogP contribution in [0.1, 0.15) is 0 Å². The molecular weight excluding hydrogens is 382 g/mol. The molecule has 0 atom stereocenters. The van der Waals surface area contributed by atoms with Crippen LogP contribution >= 0.6 is 11.8 Å². The van der Waals surface area contributed by atoms with Crippen LogP contribution in [-0.4, -0.2) is 13.0 Å². The highest BCUT2D eigenvalue weighted by atomic mass is 32.2. The normalized spacial score (nSPS) is 10.7. The molecule has 29 heavy (non-hydrogen) atoms. The minimum absolute atomic E-state index is 0.0349. The first-order valence-electron chi connectivity index (χ1n) is 8.84. The molecule has 5 nitrogen and oxygen atoms in total. The van der Waals surface area contributed by atoms with E-state index in [9.17, 15) is 10.1 Å². The van der Waals surface area contributed by atoms with Gasteiger partial charge in [0.25, 0.3) is 5.91 Å². The molecule has 3 aromatic carbocycles. The summed E-state index contributed by atoms with van der Waals surface area (Å²) >= 11 is 1.54. The van der Waals surface area contributed by atoms with Crippen LogP contribution in [0, 0.1) is 11.3 Å². The van der Waals surface area contributed by atoms with Gasteiger partial charge in [0.15, 0.2) is 0 Å². The first-order chi connectivity index (χ1) is 14.2. The minimum atomic E-state index is -0.482. The number of hydrogen-bond acceptors (Lipinski definition) is 5. The fourth-order valence-corrected chi connectivity index (χ4v) is 3.40. The molecule has 0 unspecified atom stereocenters. The third-order valence-electron chi connectivity index (χ3n) is 3.92. The highest BCUT2D eigenvalue weighted by Crippen LogP contribution is 2.33. The molecule has 0 aliphatic carbocycles. The zero-order valence-electron chi connectivity index (χ0n) is 15.8. The van der Waals surface area contributed by atoms with E-state index in [0.717, 1.165) is 9.79 Å². The molecule has 6 heteroatoms. The maximum Gasteiger partial charge on any atom is 0.267 e. The fraction of sp³-hybridized carbons (Fsp3) is 0.0435. The lowest BCUT2D eigenvalue weighted by Crippen LogP contribution is -2.15. The molecule has 0 heterocycles. The third-order valence-corrected chi connectivity index (χ3v) is 5.01. The number of rotatable bonds is 7. The van der Waals surface area contributed by atoms with Gasteiger partial charge in [-0.3, -0.25) is 4.79 Å². The summed E-state index contributed by atoms with van der Waals surface area (Å²) in [5.74, 6) is 0.197. The first-order valence-corrected chi connectivity index (χ1v) is 9.65. The largest absolute Gasteiger partial charge is 0.497 e. The summed E-state index contributed by atoms with van der Waals surface area (Å²) in [6.45, 7) is 0. The van der Waals surface area contributed by atoms with Gasteiger partial charge in [-0.05, 0) is 36.4 Å². The van der Waals surface area contributed by atoms with Gasteiger partial charge >= 0.3 is 0 Å². The van der Waals surface area contributed by atoms with Crippen LogP contribution < -0.4 is 15.4 Å². The number of anilines is 2. The van der Waals surface area contributed by atoms with Gasteiger partial charge in [0.2, 0.25) is 0 Å². The Morgan fingerprint density at radius 3 is 2.55 bits per heavy atom. The van der Waals surface area contributed by atoms with Crippen molar-refractivity contribution >= 4 is 29.0 Å². The summed E-state index contributed by atoms with van der Waals surface area (Å²) in [6.07, 6.45) is 1.39. The van der Waals surface area contributed by atoms with Gasteiger partial charge in [0, 0.05) is 27.7 Å². The van der Waals surface area contributed by atoms with Crippen molar-refractivity contribution in [3.63, 3.8) is 0 Å². The topological polar surface area (TPSA) is 74.1 Å². The molecule has 0 fully saturated rings. The molecular formula is C23H19N3O2S. The van der Waals surface area contributed by atoms with Crippen molar-refractivity contribution in [2.45, 2.75) is 9.79 Å². The summed E-state index contributed by atoms with van der Waals surface area (Å²) in [4.78, 5) is 14.6. The first kappa shape index (κ1) is 20.1. The van der Waals surface area contributed by atoms with Gasteiger partial charge in [0.05, 0.1) is 12.8 Å². The van der Waals surface area contributed by atoms with E-state index in [1.165, 1.54) is 6.20 Å². The number of nitriles is 1. The number of methoxy groups -OCH3 is 1. The van der Waals surface area contributed by atoms with Crippen LogP contribution in [0.4, 0.5) is 11.4 Å². The second kappa shape index (κ2) is 10.0. The van der Waals surface area contributed by atoms with Gasteiger partial charge in [-0.2, -0.15) is 5.26 Å². The number of hydrogen-bond donors (Lipinski definition) is 2. The highest BCUT2D eigenvalue weighted by Gasteiger charge is 2.12. The second-order valence-electron chi connectivity index (χ2n) is 5.91. The van der Waals surface area contributed by atoms with E-state index in [-0.39, 0.29) is 5.57 Å². The Morgan fingerprint density at radius 1 is 1.03 bits per heavy atom. The Hall–Kier alpha value is -3.69. The zero-order valence-corrected chi connectivity index (χ0v) is 16.6. The number of amides is 1. The SMILES string of the molecule is COc1cccc(N/C=C(/C#N)C(=O)Nc2ccccc2Sc2ccccc2)c1. The van der Waals surface area contributed by atoms with Gasteiger partial charge in [-0.1, -0.05) is 48.2 Å². The van der Waals surface area contributed by atoms with Crippen LogP contribution in [-0.2, 0) is 4.79 Å². The van der Waals surface area contributed by atoms with Crippen molar-refractivity contribution in [1.82, 2.24) is 0 Å².